The third-order valence-electron chi connectivity index (χ3n) is 1.70. The highest BCUT2D eigenvalue weighted by atomic mass is 79.9. The van der Waals surface area contributed by atoms with E-state index >= 15 is 0 Å². The predicted molar refractivity (Wildman–Crippen MR) is 66.8 cm³/mol. The molecule has 6 heteroatoms. The van der Waals surface area contributed by atoms with Gasteiger partial charge in [0.15, 0.2) is 0 Å². The number of sulfonamides is 1. The lowest BCUT2D eigenvalue weighted by molar-refractivity contribution is 0.584. The Kier molecular flexibility index (Phi) is 4.11. The van der Waals surface area contributed by atoms with Gasteiger partial charge in [0.1, 0.15) is 0 Å². The molecule has 0 aliphatic heterocycles. The highest BCUT2D eigenvalue weighted by molar-refractivity contribution is 9.11. The van der Waals surface area contributed by atoms with Gasteiger partial charge in [0.05, 0.1) is 8.68 Å². The predicted octanol–water partition coefficient (Wildman–Crippen LogP) is 2.67. The first-order chi connectivity index (χ1) is 6.83. The summed E-state index contributed by atoms with van der Waals surface area (Å²) in [5, 5.41) is 0. The first-order valence-corrected chi connectivity index (χ1v) is 7.32. The van der Waals surface area contributed by atoms with Crippen LogP contribution in [0.1, 0.15) is 11.8 Å². The molecule has 1 aromatic rings. The van der Waals surface area contributed by atoms with Crippen molar-refractivity contribution in [3.63, 3.8) is 0 Å². The summed E-state index contributed by atoms with van der Waals surface area (Å²) in [6, 6.07) is 1.61. The molecule has 15 heavy (non-hydrogen) atoms. The van der Waals surface area contributed by atoms with E-state index in [0.717, 1.165) is 14.2 Å². The highest BCUT2D eigenvalue weighted by Crippen LogP contribution is 2.29. The van der Waals surface area contributed by atoms with Gasteiger partial charge in [0.25, 0.3) is 0 Å². The van der Waals surface area contributed by atoms with Crippen LogP contribution in [0, 0.1) is 6.92 Å². The molecular weight excluding hydrogens is 298 g/mol. The SMILES string of the molecule is C=C(C)CNS(=O)(=O)c1cc(Br)sc1C. The molecule has 0 aromatic carbocycles. The standard InChI is InChI=1S/C9H12BrNO2S2/c1-6(2)5-11-15(12,13)8-4-9(10)14-7(8)3/h4,11H,1,5H2,2-3H3. The van der Waals surface area contributed by atoms with Crippen LogP contribution < -0.4 is 4.72 Å². The van der Waals surface area contributed by atoms with Gasteiger partial charge in [-0.05, 0) is 35.8 Å². The second-order valence-electron chi connectivity index (χ2n) is 3.25. The van der Waals surface area contributed by atoms with Gasteiger partial charge in [-0.2, -0.15) is 0 Å². The monoisotopic (exact) mass is 309 g/mol. The quantitative estimate of drug-likeness (QED) is 0.869. The first kappa shape index (κ1) is 12.9. The van der Waals surface area contributed by atoms with Crippen LogP contribution in [0.4, 0.5) is 0 Å². The van der Waals surface area contributed by atoms with Gasteiger partial charge in [-0.15, -0.1) is 11.3 Å². The lowest BCUT2D eigenvalue weighted by Gasteiger charge is -2.05. The minimum atomic E-state index is -3.40. The number of rotatable bonds is 4. The van der Waals surface area contributed by atoms with Crippen LogP contribution >= 0.6 is 27.3 Å². The van der Waals surface area contributed by atoms with E-state index in [9.17, 15) is 8.42 Å². The summed E-state index contributed by atoms with van der Waals surface area (Å²) < 4.78 is 26.9. The molecule has 0 radical (unpaired) electrons. The highest BCUT2D eigenvalue weighted by Gasteiger charge is 2.18. The van der Waals surface area contributed by atoms with Gasteiger partial charge in [0.2, 0.25) is 10.0 Å². The van der Waals surface area contributed by atoms with E-state index < -0.39 is 10.0 Å². The molecule has 0 saturated heterocycles. The van der Waals surface area contributed by atoms with Gasteiger partial charge in [-0.25, -0.2) is 13.1 Å². The maximum Gasteiger partial charge on any atom is 0.241 e. The Balaban J connectivity index is 2.96. The van der Waals surface area contributed by atoms with Crippen LogP contribution in [0.2, 0.25) is 0 Å². The summed E-state index contributed by atoms with van der Waals surface area (Å²) in [7, 11) is -3.40. The third-order valence-corrected chi connectivity index (χ3v) is 4.91. The fourth-order valence-corrected chi connectivity index (χ4v) is 4.50. The van der Waals surface area contributed by atoms with Crippen molar-refractivity contribution in [3.05, 3.63) is 26.9 Å². The summed E-state index contributed by atoms with van der Waals surface area (Å²) in [5.74, 6) is 0. The van der Waals surface area contributed by atoms with Crippen molar-refractivity contribution in [1.29, 1.82) is 0 Å². The van der Waals surface area contributed by atoms with Crippen LogP contribution in [0.15, 0.2) is 26.9 Å². The molecule has 0 bridgehead atoms. The van der Waals surface area contributed by atoms with Crippen molar-refractivity contribution in [2.24, 2.45) is 0 Å². The zero-order chi connectivity index (χ0) is 11.6. The summed E-state index contributed by atoms with van der Waals surface area (Å²) in [6.45, 7) is 7.48. The largest absolute Gasteiger partial charge is 0.241 e. The van der Waals surface area contributed by atoms with Crippen LogP contribution in [0.25, 0.3) is 0 Å². The van der Waals surface area contributed by atoms with Crippen molar-refractivity contribution >= 4 is 37.3 Å². The minimum absolute atomic E-state index is 0.273. The summed E-state index contributed by atoms with van der Waals surface area (Å²) >= 11 is 4.67. The van der Waals surface area contributed by atoms with Crippen LogP contribution in [0.5, 0.6) is 0 Å². The second-order valence-corrected chi connectivity index (χ2v) is 7.62. The van der Waals surface area contributed by atoms with Gasteiger partial charge in [-0.3, -0.25) is 0 Å². The third kappa shape index (κ3) is 3.41. The van der Waals surface area contributed by atoms with Gasteiger partial charge in [0, 0.05) is 11.4 Å². The average molecular weight is 310 g/mol. The van der Waals surface area contributed by atoms with Crippen LogP contribution in [0.3, 0.4) is 0 Å². The van der Waals surface area contributed by atoms with Crippen molar-refractivity contribution in [1.82, 2.24) is 4.72 Å². The fourth-order valence-electron chi connectivity index (χ4n) is 0.993. The summed E-state index contributed by atoms with van der Waals surface area (Å²) in [5.41, 5.74) is 0.783. The Bertz CT molecular complexity index is 476. The number of halogens is 1. The van der Waals surface area contributed by atoms with E-state index in [1.807, 2.05) is 0 Å². The number of thiophene rings is 1. The molecule has 1 aromatic heterocycles. The van der Waals surface area contributed by atoms with Crippen molar-refractivity contribution in [3.8, 4) is 0 Å². The van der Waals surface area contributed by atoms with Gasteiger partial charge in [-0.1, -0.05) is 12.2 Å². The molecule has 0 spiro atoms. The molecule has 0 unspecified atom stereocenters. The second kappa shape index (κ2) is 4.78. The van der Waals surface area contributed by atoms with Crippen LogP contribution in [-0.2, 0) is 10.0 Å². The number of hydrogen-bond acceptors (Lipinski definition) is 3. The molecule has 0 aliphatic rings. The number of aryl methyl sites for hydroxylation is 1. The topological polar surface area (TPSA) is 46.2 Å². The molecule has 1 N–H and O–H groups in total. The van der Waals surface area contributed by atoms with E-state index in [1.54, 1.807) is 19.9 Å². The zero-order valence-corrected chi connectivity index (χ0v) is 11.7. The lowest BCUT2D eigenvalue weighted by atomic mass is 10.4. The molecule has 0 aliphatic carbocycles. The zero-order valence-electron chi connectivity index (χ0n) is 8.50. The molecule has 84 valence electrons. The smallest absolute Gasteiger partial charge is 0.207 e. The maximum absolute atomic E-state index is 11.8. The van der Waals surface area contributed by atoms with E-state index in [1.165, 1.54) is 11.3 Å². The maximum atomic E-state index is 11.8. The van der Waals surface area contributed by atoms with Crippen molar-refractivity contribution < 1.29 is 8.42 Å². The van der Waals surface area contributed by atoms with Gasteiger partial charge >= 0.3 is 0 Å². The molecule has 0 amide bonds. The normalized spacial score (nSPS) is 11.7. The Labute approximate surface area is 102 Å². The molecule has 0 atom stereocenters. The molecular formula is C9H12BrNO2S2. The summed E-state index contributed by atoms with van der Waals surface area (Å²) in [4.78, 5) is 1.11. The van der Waals surface area contributed by atoms with E-state index in [4.69, 9.17) is 0 Å². The van der Waals surface area contributed by atoms with Crippen LogP contribution in [-0.4, -0.2) is 15.0 Å². The Morgan fingerprint density at radius 3 is 2.67 bits per heavy atom. The molecule has 1 heterocycles. The van der Waals surface area contributed by atoms with Crippen molar-refractivity contribution in [2.45, 2.75) is 18.7 Å². The van der Waals surface area contributed by atoms with E-state index in [2.05, 4.69) is 27.2 Å². The average Bonchev–Trinajstić information content (AvgIpc) is 2.43. The fraction of sp³-hybridized carbons (Fsp3) is 0.333. The number of hydrogen-bond donors (Lipinski definition) is 1. The molecule has 0 saturated carbocycles. The van der Waals surface area contributed by atoms with E-state index in [0.29, 0.717) is 4.90 Å². The summed E-state index contributed by atoms with van der Waals surface area (Å²) in [6.07, 6.45) is 0. The first-order valence-electron chi connectivity index (χ1n) is 4.23. The molecule has 3 nitrogen and oxygen atoms in total. The van der Waals surface area contributed by atoms with Crippen molar-refractivity contribution in [2.75, 3.05) is 6.54 Å². The lowest BCUT2D eigenvalue weighted by Crippen LogP contribution is -2.25. The number of nitrogens with one attached hydrogen (secondary N) is 1. The van der Waals surface area contributed by atoms with Gasteiger partial charge < -0.3 is 0 Å². The Morgan fingerprint density at radius 2 is 2.27 bits per heavy atom. The Morgan fingerprint density at radius 1 is 1.67 bits per heavy atom. The Hall–Kier alpha value is -0.170. The molecule has 1 rings (SSSR count). The minimum Gasteiger partial charge on any atom is -0.207 e. The van der Waals surface area contributed by atoms with E-state index in [-0.39, 0.29) is 6.54 Å². The molecule has 0 fully saturated rings.